The van der Waals surface area contributed by atoms with Gasteiger partial charge in [-0.3, -0.25) is 0 Å². The van der Waals surface area contributed by atoms with Crippen molar-refractivity contribution in [1.82, 2.24) is 0 Å². The molecule has 0 radical (unpaired) electrons. The van der Waals surface area contributed by atoms with Crippen molar-refractivity contribution in [3.05, 3.63) is 90.0 Å². The van der Waals surface area contributed by atoms with E-state index in [4.69, 9.17) is 0 Å². The molecule has 1 unspecified atom stereocenters. The molecule has 0 N–H and O–H groups in total. The van der Waals surface area contributed by atoms with Gasteiger partial charge in [0.2, 0.25) is 0 Å². The summed E-state index contributed by atoms with van der Waals surface area (Å²) in [5.74, 6) is 0. The second-order valence-electron chi connectivity index (χ2n) is 6.85. The molecule has 0 aliphatic heterocycles. The summed E-state index contributed by atoms with van der Waals surface area (Å²) < 4.78 is 0. The Balaban J connectivity index is 0.000000630. The number of hydrogen-bond donors (Lipinski definition) is 0. The maximum absolute atomic E-state index is 3.49. The van der Waals surface area contributed by atoms with E-state index in [1.54, 1.807) is 0 Å². The number of halogens is 2. The van der Waals surface area contributed by atoms with Gasteiger partial charge in [0.15, 0.2) is 0 Å². The van der Waals surface area contributed by atoms with Crippen LogP contribution < -0.4 is 24.8 Å². The summed E-state index contributed by atoms with van der Waals surface area (Å²) in [6.07, 6.45) is 0. The van der Waals surface area contributed by atoms with Crippen LogP contribution in [0.2, 0.25) is 19.6 Å². The van der Waals surface area contributed by atoms with Gasteiger partial charge < -0.3 is 24.8 Å². The SMILES string of the molecule is C[Si](C)(C)C1c2[c-]cccc2-c2ccccc21.[Cl-].[Cl-].[Zr+4].c1cc[cH-]c1. The van der Waals surface area contributed by atoms with Crippen LogP contribution in [-0.2, 0) is 26.2 Å². The Morgan fingerprint density at radius 2 is 1.44 bits per heavy atom. The molecule has 128 valence electrons. The Morgan fingerprint density at radius 1 is 0.840 bits per heavy atom. The minimum Gasteiger partial charge on any atom is -1.00 e. The van der Waals surface area contributed by atoms with E-state index in [9.17, 15) is 0 Å². The molecule has 1 atom stereocenters. The monoisotopic (exact) mass is 462 g/mol. The molecule has 0 fully saturated rings. The van der Waals surface area contributed by atoms with E-state index in [2.05, 4.69) is 68.2 Å². The van der Waals surface area contributed by atoms with Gasteiger partial charge in [-0.15, -0.1) is 11.1 Å². The second-order valence-corrected chi connectivity index (χ2v) is 12.2. The summed E-state index contributed by atoms with van der Waals surface area (Å²) in [5.41, 5.74) is 6.37. The molecule has 4 heteroatoms. The third-order valence-electron chi connectivity index (χ3n) is 4.16. The number of fused-ring (bicyclic) bond motifs is 3. The van der Waals surface area contributed by atoms with Crippen molar-refractivity contribution in [2.45, 2.75) is 25.2 Å². The third kappa shape index (κ3) is 5.47. The normalized spacial score (nSPS) is 13.6. The van der Waals surface area contributed by atoms with Crippen LogP contribution in [0, 0.1) is 6.07 Å². The van der Waals surface area contributed by atoms with E-state index in [-0.39, 0.29) is 51.0 Å². The van der Waals surface area contributed by atoms with Crippen LogP contribution in [0.15, 0.2) is 72.8 Å². The molecule has 1 aliphatic carbocycles. The molecule has 0 aromatic heterocycles. The molecule has 0 saturated heterocycles. The molecule has 3 aromatic carbocycles. The van der Waals surface area contributed by atoms with E-state index >= 15 is 0 Å². The van der Waals surface area contributed by atoms with Crippen LogP contribution in [0.3, 0.4) is 0 Å². The zero-order chi connectivity index (χ0) is 15.6. The summed E-state index contributed by atoms with van der Waals surface area (Å²) in [4.78, 5) is 0. The Bertz CT molecular complexity index is 686. The first kappa shape index (κ1) is 24.5. The van der Waals surface area contributed by atoms with Gasteiger partial charge in [0.1, 0.15) is 0 Å². The number of rotatable bonds is 1. The van der Waals surface area contributed by atoms with Crippen molar-refractivity contribution in [2.24, 2.45) is 0 Å². The van der Waals surface area contributed by atoms with Gasteiger partial charge >= 0.3 is 26.2 Å². The van der Waals surface area contributed by atoms with E-state index in [0.717, 1.165) is 0 Å². The van der Waals surface area contributed by atoms with Gasteiger partial charge in [0.05, 0.1) is 8.07 Å². The molecule has 0 nitrogen and oxygen atoms in total. The van der Waals surface area contributed by atoms with Gasteiger partial charge in [0, 0.05) is 0 Å². The molecule has 25 heavy (non-hydrogen) atoms. The average molecular weight is 465 g/mol. The van der Waals surface area contributed by atoms with Gasteiger partial charge in [-0.2, -0.15) is 42.5 Å². The molecular formula is C21H22Cl2SiZr. The van der Waals surface area contributed by atoms with Crippen molar-refractivity contribution >= 4 is 8.07 Å². The van der Waals surface area contributed by atoms with E-state index in [1.165, 1.54) is 22.3 Å². The maximum Gasteiger partial charge on any atom is 4.00 e. The van der Waals surface area contributed by atoms with E-state index in [1.807, 2.05) is 30.3 Å². The topological polar surface area (TPSA) is 0 Å². The van der Waals surface area contributed by atoms with Crippen LogP contribution in [0.25, 0.3) is 11.1 Å². The van der Waals surface area contributed by atoms with Crippen LogP contribution in [0.4, 0.5) is 0 Å². The molecule has 0 bridgehead atoms. The van der Waals surface area contributed by atoms with E-state index in [0.29, 0.717) is 5.54 Å². The maximum atomic E-state index is 3.49. The van der Waals surface area contributed by atoms with Gasteiger partial charge in [-0.25, -0.2) is 12.1 Å². The molecule has 1 aliphatic rings. The summed E-state index contributed by atoms with van der Waals surface area (Å²) in [5, 5.41) is 0. The molecule has 3 aromatic rings. The predicted octanol–water partition coefficient (Wildman–Crippen LogP) is -0.113. The Hall–Kier alpha value is -0.530. The Kier molecular flexibility index (Phi) is 10.4. The zero-order valence-electron chi connectivity index (χ0n) is 14.8. The van der Waals surface area contributed by atoms with Crippen molar-refractivity contribution in [2.75, 3.05) is 0 Å². The number of hydrogen-bond acceptors (Lipinski definition) is 0. The Morgan fingerprint density at radius 3 is 2.00 bits per heavy atom. The summed E-state index contributed by atoms with van der Waals surface area (Å²) >= 11 is 0. The first-order valence-electron chi connectivity index (χ1n) is 7.85. The minimum absolute atomic E-state index is 0. The quantitative estimate of drug-likeness (QED) is 0.348. The van der Waals surface area contributed by atoms with Gasteiger partial charge in [-0.1, -0.05) is 49.5 Å². The van der Waals surface area contributed by atoms with Gasteiger partial charge in [-0.05, 0) is 11.1 Å². The first-order chi connectivity index (χ1) is 10.6. The van der Waals surface area contributed by atoms with E-state index < -0.39 is 8.07 Å². The molecule has 0 amide bonds. The molecule has 0 saturated carbocycles. The fourth-order valence-electron chi connectivity index (χ4n) is 3.29. The summed E-state index contributed by atoms with van der Waals surface area (Å²) in [6, 6.07) is 28.7. The van der Waals surface area contributed by atoms with Crippen LogP contribution >= 0.6 is 0 Å². The summed E-state index contributed by atoms with van der Waals surface area (Å²) in [7, 11) is -1.26. The average Bonchev–Trinajstić information content (AvgIpc) is 3.16. The van der Waals surface area contributed by atoms with Crippen molar-refractivity contribution in [1.29, 1.82) is 0 Å². The zero-order valence-corrected chi connectivity index (χ0v) is 19.7. The Labute approximate surface area is 184 Å². The third-order valence-corrected chi connectivity index (χ3v) is 6.49. The fourth-order valence-corrected chi connectivity index (χ4v) is 5.58. The van der Waals surface area contributed by atoms with Crippen LogP contribution in [-0.4, -0.2) is 8.07 Å². The molecule has 0 heterocycles. The fraction of sp³-hybridized carbons (Fsp3) is 0.190. The molecule has 4 rings (SSSR count). The molecule has 0 spiro atoms. The minimum atomic E-state index is -1.26. The van der Waals surface area contributed by atoms with Crippen LogP contribution in [0.1, 0.15) is 16.7 Å². The molecular weight excluding hydrogens is 442 g/mol. The largest absolute Gasteiger partial charge is 4.00 e. The van der Waals surface area contributed by atoms with Crippen LogP contribution in [0.5, 0.6) is 0 Å². The van der Waals surface area contributed by atoms with Crippen molar-refractivity contribution < 1.29 is 51.0 Å². The van der Waals surface area contributed by atoms with Crippen molar-refractivity contribution in [3.8, 4) is 11.1 Å². The number of benzene rings is 2. The summed E-state index contributed by atoms with van der Waals surface area (Å²) in [6.45, 7) is 7.35. The van der Waals surface area contributed by atoms with Gasteiger partial charge in [0.25, 0.3) is 0 Å². The smallest absolute Gasteiger partial charge is 1.00 e. The van der Waals surface area contributed by atoms with Crippen molar-refractivity contribution in [3.63, 3.8) is 0 Å². The standard InChI is InChI=1S/C16H17Si.C5H5.2ClH.Zr/c1-17(2,3)16-14-10-6-4-8-12(14)13-9-5-7-11-15(13)16;1-2-4-5-3-1;;;/h4-10,16H,1-3H3;1-5H;2*1H;/q2*-1;;;+4/p-2. The second kappa shape index (κ2) is 10.6. The first-order valence-corrected chi connectivity index (χ1v) is 11.4. The predicted molar refractivity (Wildman–Crippen MR) is 97.9 cm³/mol.